The van der Waals surface area contributed by atoms with Crippen molar-refractivity contribution in [2.24, 2.45) is 0 Å². The van der Waals surface area contributed by atoms with Crippen molar-refractivity contribution in [2.75, 3.05) is 19.8 Å². The van der Waals surface area contributed by atoms with Crippen LogP contribution in [0, 0.1) is 0 Å². The fourth-order valence-electron chi connectivity index (χ4n) is 1.11. The second-order valence-electron chi connectivity index (χ2n) is 3.55. The van der Waals surface area contributed by atoms with Crippen molar-refractivity contribution in [1.29, 1.82) is 0 Å². The molecule has 7 heteroatoms. The minimum absolute atomic E-state index is 0.131. The van der Waals surface area contributed by atoms with Gasteiger partial charge in [0, 0.05) is 4.47 Å². The summed E-state index contributed by atoms with van der Waals surface area (Å²) in [6, 6.07) is 6.90. The van der Waals surface area contributed by atoms with Gasteiger partial charge in [-0.3, -0.25) is 0 Å². The Labute approximate surface area is 111 Å². The fraction of sp³-hybridized carbons (Fsp3) is 0.455. The maximum absolute atomic E-state index is 11.8. The number of benzene rings is 1. The van der Waals surface area contributed by atoms with Crippen LogP contribution >= 0.6 is 15.9 Å². The summed E-state index contributed by atoms with van der Waals surface area (Å²) in [7, 11) is 0. The molecule has 0 saturated carbocycles. The van der Waals surface area contributed by atoms with Crippen molar-refractivity contribution in [1.82, 2.24) is 0 Å². The van der Waals surface area contributed by atoms with Gasteiger partial charge in [-0.1, -0.05) is 22.0 Å². The maximum Gasteiger partial charge on any atom is 0.411 e. The first-order valence-corrected chi connectivity index (χ1v) is 5.87. The van der Waals surface area contributed by atoms with Crippen LogP contribution in [0.5, 0.6) is 5.75 Å². The van der Waals surface area contributed by atoms with Gasteiger partial charge in [-0.05, 0) is 18.2 Å². The van der Waals surface area contributed by atoms with E-state index in [9.17, 15) is 18.3 Å². The largest absolute Gasteiger partial charge is 0.491 e. The van der Waals surface area contributed by atoms with Crippen LogP contribution in [0.2, 0.25) is 0 Å². The van der Waals surface area contributed by atoms with Gasteiger partial charge < -0.3 is 14.6 Å². The smallest absolute Gasteiger partial charge is 0.411 e. The van der Waals surface area contributed by atoms with E-state index in [1.807, 2.05) is 0 Å². The van der Waals surface area contributed by atoms with Crippen LogP contribution in [0.15, 0.2) is 28.7 Å². The highest BCUT2D eigenvalue weighted by Gasteiger charge is 2.27. The molecular formula is C11H12BrF3O3. The molecule has 18 heavy (non-hydrogen) atoms. The lowest BCUT2D eigenvalue weighted by Gasteiger charge is -2.13. The predicted molar refractivity (Wildman–Crippen MR) is 62.5 cm³/mol. The molecule has 0 saturated heterocycles. The van der Waals surface area contributed by atoms with Gasteiger partial charge >= 0.3 is 6.18 Å². The van der Waals surface area contributed by atoms with Crippen molar-refractivity contribution >= 4 is 15.9 Å². The first-order chi connectivity index (χ1) is 8.37. The number of halogens is 4. The molecule has 0 aliphatic heterocycles. The van der Waals surface area contributed by atoms with Gasteiger partial charge in [-0.15, -0.1) is 0 Å². The molecule has 0 aliphatic rings. The van der Waals surface area contributed by atoms with Gasteiger partial charge in [0.25, 0.3) is 0 Å². The van der Waals surface area contributed by atoms with Crippen LogP contribution in [0.4, 0.5) is 13.2 Å². The van der Waals surface area contributed by atoms with Gasteiger partial charge in [-0.25, -0.2) is 0 Å². The molecule has 0 amide bonds. The van der Waals surface area contributed by atoms with Gasteiger partial charge in [0.05, 0.1) is 6.61 Å². The summed E-state index contributed by atoms with van der Waals surface area (Å²) < 4.78 is 45.6. The maximum atomic E-state index is 11.8. The van der Waals surface area contributed by atoms with Crippen LogP contribution in [-0.4, -0.2) is 37.2 Å². The van der Waals surface area contributed by atoms with E-state index in [-0.39, 0.29) is 6.61 Å². The second-order valence-corrected chi connectivity index (χ2v) is 4.47. The number of hydrogen-bond acceptors (Lipinski definition) is 3. The zero-order chi connectivity index (χ0) is 13.6. The van der Waals surface area contributed by atoms with Crippen molar-refractivity contribution in [3.05, 3.63) is 28.7 Å². The third kappa shape index (κ3) is 6.83. The van der Waals surface area contributed by atoms with Gasteiger partial charge in [-0.2, -0.15) is 13.2 Å². The highest BCUT2D eigenvalue weighted by atomic mass is 79.9. The summed E-state index contributed by atoms with van der Waals surface area (Å²) in [6.07, 6.45) is -5.49. The Balaban J connectivity index is 2.23. The first kappa shape index (κ1) is 15.3. The molecule has 1 rings (SSSR count). The van der Waals surface area contributed by atoms with Crippen LogP contribution in [0.25, 0.3) is 0 Å². The Morgan fingerprint density at radius 2 is 2.00 bits per heavy atom. The van der Waals surface area contributed by atoms with E-state index in [1.54, 1.807) is 24.3 Å². The molecule has 0 fully saturated rings. The molecular weight excluding hydrogens is 317 g/mol. The Hall–Kier alpha value is -0.790. The van der Waals surface area contributed by atoms with E-state index in [0.717, 1.165) is 4.47 Å². The Kier molecular flexibility index (Phi) is 5.90. The second kappa shape index (κ2) is 6.96. The Morgan fingerprint density at radius 1 is 1.28 bits per heavy atom. The summed E-state index contributed by atoms with van der Waals surface area (Å²) in [5.41, 5.74) is 0. The zero-order valence-corrected chi connectivity index (χ0v) is 10.9. The molecule has 1 N–H and O–H groups in total. The molecule has 0 spiro atoms. The minimum atomic E-state index is -4.38. The van der Waals surface area contributed by atoms with Crippen LogP contribution in [-0.2, 0) is 4.74 Å². The molecule has 1 unspecified atom stereocenters. The molecule has 3 nitrogen and oxygen atoms in total. The van der Waals surface area contributed by atoms with Crippen LogP contribution < -0.4 is 4.74 Å². The summed E-state index contributed by atoms with van der Waals surface area (Å²) in [5, 5.41) is 9.35. The van der Waals surface area contributed by atoms with Gasteiger partial charge in [0.2, 0.25) is 0 Å². The van der Waals surface area contributed by atoms with E-state index in [1.165, 1.54) is 0 Å². The summed E-state index contributed by atoms with van der Waals surface area (Å²) >= 11 is 3.24. The number of aliphatic hydroxyl groups excluding tert-OH is 1. The minimum Gasteiger partial charge on any atom is -0.491 e. The van der Waals surface area contributed by atoms with Crippen molar-refractivity contribution in [3.8, 4) is 5.75 Å². The van der Waals surface area contributed by atoms with E-state index in [2.05, 4.69) is 20.7 Å². The number of aliphatic hydroxyl groups is 1. The molecule has 0 aromatic heterocycles. The fourth-order valence-corrected chi connectivity index (χ4v) is 1.49. The van der Waals surface area contributed by atoms with E-state index in [4.69, 9.17) is 4.74 Å². The monoisotopic (exact) mass is 328 g/mol. The van der Waals surface area contributed by atoms with Crippen LogP contribution in [0.1, 0.15) is 0 Å². The first-order valence-electron chi connectivity index (χ1n) is 5.08. The SMILES string of the molecule is OC(COCC(F)(F)F)COc1cccc(Br)c1. The number of rotatable bonds is 6. The quantitative estimate of drug-likeness (QED) is 0.872. The highest BCUT2D eigenvalue weighted by Crippen LogP contribution is 2.18. The van der Waals surface area contributed by atoms with Crippen molar-refractivity contribution < 1.29 is 27.8 Å². The van der Waals surface area contributed by atoms with E-state index < -0.39 is 25.5 Å². The number of ether oxygens (including phenoxy) is 2. The molecule has 0 heterocycles. The third-order valence-electron chi connectivity index (χ3n) is 1.81. The van der Waals surface area contributed by atoms with E-state index >= 15 is 0 Å². The molecule has 1 atom stereocenters. The molecule has 0 bridgehead atoms. The van der Waals surface area contributed by atoms with Crippen LogP contribution in [0.3, 0.4) is 0 Å². The predicted octanol–water partition coefficient (Wildman–Crippen LogP) is 2.77. The lowest BCUT2D eigenvalue weighted by atomic mass is 10.3. The average molecular weight is 329 g/mol. The lowest BCUT2D eigenvalue weighted by molar-refractivity contribution is -0.179. The molecule has 102 valence electrons. The average Bonchev–Trinajstić information content (AvgIpc) is 2.25. The van der Waals surface area contributed by atoms with E-state index in [0.29, 0.717) is 5.75 Å². The summed E-state index contributed by atoms with van der Waals surface area (Å²) in [5.74, 6) is 0.513. The molecule has 0 radical (unpaired) electrons. The number of hydrogen-bond donors (Lipinski definition) is 1. The topological polar surface area (TPSA) is 38.7 Å². The van der Waals surface area contributed by atoms with Gasteiger partial charge in [0.15, 0.2) is 0 Å². The van der Waals surface area contributed by atoms with Crippen molar-refractivity contribution in [3.63, 3.8) is 0 Å². The third-order valence-corrected chi connectivity index (χ3v) is 2.31. The molecule has 1 aromatic carbocycles. The number of alkyl halides is 3. The normalized spacial score (nSPS) is 13.4. The summed E-state index contributed by atoms with van der Waals surface area (Å²) in [4.78, 5) is 0. The molecule has 0 aliphatic carbocycles. The van der Waals surface area contributed by atoms with Crippen molar-refractivity contribution in [2.45, 2.75) is 12.3 Å². The van der Waals surface area contributed by atoms with Gasteiger partial charge in [0.1, 0.15) is 25.1 Å². The Bertz CT molecular complexity index is 371. The lowest BCUT2D eigenvalue weighted by Crippen LogP contribution is -2.27. The zero-order valence-electron chi connectivity index (χ0n) is 9.28. The standard InChI is InChI=1S/C11H12BrF3O3/c12-8-2-1-3-10(4-8)18-6-9(16)5-17-7-11(13,14)15/h1-4,9,16H,5-7H2. The Morgan fingerprint density at radius 3 is 2.61 bits per heavy atom. The molecule has 1 aromatic rings. The highest BCUT2D eigenvalue weighted by molar-refractivity contribution is 9.10. The summed E-state index contributed by atoms with van der Waals surface area (Å²) in [6.45, 7) is -1.93.